The summed E-state index contributed by atoms with van der Waals surface area (Å²) in [6.45, 7) is 9.33. The van der Waals surface area contributed by atoms with Gasteiger partial charge >= 0.3 is 6.09 Å². The second-order valence-corrected chi connectivity index (χ2v) is 12.4. The minimum Gasteiger partial charge on any atom is -0.410 e. The Balaban J connectivity index is 1.24. The lowest BCUT2D eigenvalue weighted by Gasteiger charge is -2.39. The quantitative estimate of drug-likeness (QED) is 0.444. The number of carbonyl (C=O) groups excluding carboxylic acids is 2. The second kappa shape index (κ2) is 12.4. The summed E-state index contributed by atoms with van der Waals surface area (Å²) in [5.74, 6) is 0.535. The van der Waals surface area contributed by atoms with Crippen LogP contribution in [0.1, 0.15) is 69.2 Å². The molecule has 1 atom stereocenters. The lowest BCUT2D eigenvalue weighted by atomic mass is 9.85. The SMILES string of the molecule is CCc1c2c(nc3ccc(OC(=O)N4CCC(N5CCCCC5)CC4)cc13)C1=CC([C@](O)(C=O)CC)=C(COC)CN1C2. The number of aliphatic hydroxyl groups is 1. The highest BCUT2D eigenvalue weighted by atomic mass is 16.6. The molecule has 6 rings (SSSR count). The van der Waals surface area contributed by atoms with E-state index in [0.29, 0.717) is 43.3 Å². The van der Waals surface area contributed by atoms with Gasteiger partial charge in [-0.1, -0.05) is 20.3 Å². The summed E-state index contributed by atoms with van der Waals surface area (Å²) < 4.78 is 11.4. The third-order valence-electron chi connectivity index (χ3n) is 9.86. The van der Waals surface area contributed by atoms with Crippen LogP contribution in [0.4, 0.5) is 4.79 Å². The molecule has 1 amide bonds. The van der Waals surface area contributed by atoms with Crippen molar-refractivity contribution in [2.45, 2.75) is 77.0 Å². The van der Waals surface area contributed by atoms with E-state index in [2.05, 4.69) is 16.7 Å². The molecule has 1 aromatic heterocycles. The van der Waals surface area contributed by atoms with Crippen molar-refractivity contribution in [3.05, 3.63) is 52.2 Å². The van der Waals surface area contributed by atoms with Gasteiger partial charge in [-0.05, 0) is 92.6 Å². The number of piperidine rings is 2. The fraction of sp³-hybridized carbons (Fsp3) is 0.559. The number of rotatable bonds is 8. The first-order valence-electron chi connectivity index (χ1n) is 15.9. The Kier molecular flexibility index (Phi) is 8.58. The number of ether oxygens (including phenoxy) is 2. The highest BCUT2D eigenvalue weighted by molar-refractivity contribution is 5.90. The van der Waals surface area contributed by atoms with E-state index in [-0.39, 0.29) is 12.5 Å². The molecule has 9 heteroatoms. The van der Waals surface area contributed by atoms with Gasteiger partial charge < -0.3 is 29.3 Å². The van der Waals surface area contributed by atoms with E-state index in [1.165, 1.54) is 37.9 Å². The molecule has 0 bridgehead atoms. The number of fused-ring (bicyclic) bond motifs is 4. The van der Waals surface area contributed by atoms with Crippen LogP contribution in [-0.4, -0.2) is 95.3 Å². The van der Waals surface area contributed by atoms with E-state index in [4.69, 9.17) is 14.5 Å². The van der Waals surface area contributed by atoms with Crippen LogP contribution in [0.15, 0.2) is 35.4 Å². The summed E-state index contributed by atoms with van der Waals surface area (Å²) in [6.07, 6.45) is 9.24. The minimum absolute atomic E-state index is 0.277. The van der Waals surface area contributed by atoms with Crippen LogP contribution in [0.25, 0.3) is 16.6 Å². The van der Waals surface area contributed by atoms with E-state index in [1.807, 2.05) is 36.1 Å². The number of aromatic nitrogens is 1. The molecule has 2 saturated heterocycles. The topological polar surface area (TPSA) is 95.4 Å². The molecule has 230 valence electrons. The summed E-state index contributed by atoms with van der Waals surface area (Å²) in [7, 11) is 1.63. The molecule has 1 aromatic carbocycles. The zero-order valence-electron chi connectivity index (χ0n) is 25.7. The number of aldehydes is 1. The predicted molar refractivity (Wildman–Crippen MR) is 166 cm³/mol. The Bertz CT molecular complexity index is 1450. The molecule has 5 heterocycles. The van der Waals surface area contributed by atoms with E-state index in [0.717, 1.165) is 65.8 Å². The molecule has 0 spiro atoms. The average Bonchev–Trinajstić information content (AvgIpc) is 3.40. The summed E-state index contributed by atoms with van der Waals surface area (Å²) in [6, 6.07) is 6.28. The van der Waals surface area contributed by atoms with Crippen LogP contribution in [0, 0.1) is 0 Å². The molecule has 4 aliphatic heterocycles. The van der Waals surface area contributed by atoms with Crippen LogP contribution in [0.5, 0.6) is 5.75 Å². The number of hydrogen-bond acceptors (Lipinski definition) is 8. The summed E-state index contributed by atoms with van der Waals surface area (Å²) in [5, 5.41) is 12.1. The summed E-state index contributed by atoms with van der Waals surface area (Å²) >= 11 is 0. The van der Waals surface area contributed by atoms with Crippen molar-refractivity contribution in [2.75, 3.05) is 46.4 Å². The van der Waals surface area contributed by atoms with Crippen molar-refractivity contribution < 1.29 is 24.2 Å². The number of aryl methyl sites for hydroxylation is 1. The molecule has 43 heavy (non-hydrogen) atoms. The number of methoxy groups -OCH3 is 1. The summed E-state index contributed by atoms with van der Waals surface area (Å²) in [4.78, 5) is 36.9. The first-order chi connectivity index (χ1) is 20.9. The van der Waals surface area contributed by atoms with Crippen LogP contribution >= 0.6 is 0 Å². The van der Waals surface area contributed by atoms with Gasteiger partial charge in [0.15, 0.2) is 6.29 Å². The first-order valence-corrected chi connectivity index (χ1v) is 15.9. The minimum atomic E-state index is -1.57. The second-order valence-electron chi connectivity index (χ2n) is 12.4. The van der Waals surface area contributed by atoms with Gasteiger partial charge in [-0.25, -0.2) is 9.78 Å². The number of pyridine rings is 1. The monoisotopic (exact) mass is 588 g/mol. The highest BCUT2D eigenvalue weighted by Gasteiger charge is 2.38. The fourth-order valence-electron chi connectivity index (χ4n) is 7.41. The van der Waals surface area contributed by atoms with E-state index < -0.39 is 5.60 Å². The van der Waals surface area contributed by atoms with Crippen molar-refractivity contribution in [3.8, 4) is 5.75 Å². The van der Waals surface area contributed by atoms with Gasteiger partial charge in [0.1, 0.15) is 11.4 Å². The Hall–Kier alpha value is -3.27. The number of likely N-dealkylation sites (tertiary alicyclic amines) is 2. The van der Waals surface area contributed by atoms with Gasteiger partial charge in [0.2, 0.25) is 0 Å². The highest BCUT2D eigenvalue weighted by Crippen LogP contribution is 2.42. The average molecular weight is 589 g/mol. The van der Waals surface area contributed by atoms with E-state index in [1.54, 1.807) is 7.11 Å². The van der Waals surface area contributed by atoms with Gasteiger partial charge in [0.25, 0.3) is 0 Å². The van der Waals surface area contributed by atoms with Gasteiger partial charge in [0.05, 0.1) is 23.5 Å². The molecule has 0 aliphatic carbocycles. The van der Waals surface area contributed by atoms with Crippen LogP contribution in [0.2, 0.25) is 0 Å². The Morgan fingerprint density at radius 1 is 1.12 bits per heavy atom. The normalized spacial score (nSPS) is 21.0. The van der Waals surface area contributed by atoms with Crippen molar-refractivity contribution in [3.63, 3.8) is 0 Å². The van der Waals surface area contributed by atoms with Gasteiger partial charge in [-0.3, -0.25) is 4.79 Å². The third kappa shape index (κ3) is 5.58. The molecule has 2 fully saturated rings. The number of benzene rings is 1. The van der Waals surface area contributed by atoms with Crippen LogP contribution in [-0.2, 0) is 22.5 Å². The van der Waals surface area contributed by atoms with Crippen molar-refractivity contribution in [2.24, 2.45) is 0 Å². The number of amides is 1. The van der Waals surface area contributed by atoms with Crippen molar-refractivity contribution in [1.29, 1.82) is 0 Å². The molecule has 4 aliphatic rings. The fourth-order valence-corrected chi connectivity index (χ4v) is 7.41. The molecule has 2 aromatic rings. The maximum atomic E-state index is 13.1. The molecule has 9 nitrogen and oxygen atoms in total. The Labute approximate surface area is 254 Å². The molecule has 0 saturated carbocycles. The molecule has 0 unspecified atom stereocenters. The lowest BCUT2D eigenvalue weighted by Crippen LogP contribution is -2.48. The molecular weight excluding hydrogens is 544 g/mol. The number of carbonyl (C=O) groups is 2. The van der Waals surface area contributed by atoms with Gasteiger partial charge in [-0.2, -0.15) is 0 Å². The zero-order chi connectivity index (χ0) is 30.1. The molecule has 1 N–H and O–H groups in total. The molecule has 0 radical (unpaired) electrons. The predicted octanol–water partition coefficient (Wildman–Crippen LogP) is 4.70. The maximum Gasteiger partial charge on any atom is 0.415 e. The van der Waals surface area contributed by atoms with E-state index in [9.17, 15) is 14.7 Å². The van der Waals surface area contributed by atoms with Crippen molar-refractivity contribution in [1.82, 2.24) is 19.7 Å². The Morgan fingerprint density at radius 3 is 2.56 bits per heavy atom. The molecular formula is C34H44N4O5. The largest absolute Gasteiger partial charge is 0.415 e. The maximum absolute atomic E-state index is 13.1. The number of hydrogen-bond donors (Lipinski definition) is 1. The summed E-state index contributed by atoms with van der Waals surface area (Å²) in [5.41, 5.74) is 4.86. The van der Waals surface area contributed by atoms with Gasteiger partial charge in [-0.15, -0.1) is 0 Å². The third-order valence-corrected chi connectivity index (χ3v) is 9.86. The number of nitrogens with zero attached hydrogens (tertiary/aromatic N) is 4. The smallest absolute Gasteiger partial charge is 0.410 e. The Morgan fingerprint density at radius 2 is 1.88 bits per heavy atom. The van der Waals surface area contributed by atoms with Crippen LogP contribution in [0.3, 0.4) is 0 Å². The lowest BCUT2D eigenvalue weighted by molar-refractivity contribution is -0.120. The van der Waals surface area contributed by atoms with E-state index >= 15 is 0 Å². The zero-order valence-corrected chi connectivity index (χ0v) is 25.7. The van der Waals surface area contributed by atoms with Gasteiger partial charge in [0, 0.05) is 50.3 Å². The first kappa shape index (κ1) is 29.8. The van der Waals surface area contributed by atoms with Crippen LogP contribution < -0.4 is 4.74 Å². The van der Waals surface area contributed by atoms with Crippen molar-refractivity contribution >= 4 is 29.0 Å². The standard InChI is InChI=1S/C34H44N4O5/c1-4-26-27-17-25(43-33(40)37-15-11-24(12-16-37)36-13-7-6-8-14-36)9-10-30(27)35-32-28(26)20-38-19-23(21-42-3)29(18-31(32)38)34(41,5-2)22-39/h9-10,17-18,22,24,41H,4-8,11-16,19-21H2,1-3H3/t34-/m1/s1.